The Morgan fingerprint density at radius 2 is 1.14 bits per heavy atom. The molecule has 9 rings (SSSR count). The first-order valence-electron chi connectivity index (χ1n) is 19.8. The Bertz CT molecular complexity index is 2480. The number of nitrogens with zero attached hydrogens (tertiary/aromatic N) is 2. The Balaban J connectivity index is 1.30. The number of anilines is 5. The van der Waals surface area contributed by atoms with Crippen LogP contribution in [0.5, 0.6) is 23.0 Å². The Morgan fingerprint density at radius 1 is 0.579 bits per heavy atom. The van der Waals surface area contributed by atoms with Crippen LogP contribution in [0.3, 0.4) is 0 Å². The van der Waals surface area contributed by atoms with E-state index in [4.69, 9.17) is 30.5 Å². The molecule has 1 unspecified atom stereocenters. The van der Waals surface area contributed by atoms with E-state index in [0.717, 1.165) is 56.6 Å². The minimum Gasteiger partial charge on any atom is -0.486 e. The van der Waals surface area contributed by atoms with Gasteiger partial charge in [-0.15, -0.1) is 0 Å². The molecule has 2 atom stereocenters. The van der Waals surface area contributed by atoms with E-state index in [0.29, 0.717) is 48.7 Å². The number of allylic oxidation sites excluding steroid dienone is 2. The van der Waals surface area contributed by atoms with Crippen molar-refractivity contribution in [1.29, 1.82) is 0 Å². The van der Waals surface area contributed by atoms with Gasteiger partial charge in [-0.3, -0.25) is 0 Å². The molecule has 7 heteroatoms. The lowest BCUT2D eigenvalue weighted by Gasteiger charge is -2.43. The number of benzene rings is 6. The molecule has 288 valence electrons. The zero-order valence-corrected chi connectivity index (χ0v) is 33.8. The molecule has 0 saturated carbocycles. The number of aryl methyl sites for hydroxylation is 1. The Kier molecular flexibility index (Phi) is 9.62. The van der Waals surface area contributed by atoms with Crippen LogP contribution in [-0.4, -0.2) is 26.4 Å². The van der Waals surface area contributed by atoms with Gasteiger partial charge in [-0.1, -0.05) is 124 Å². The van der Waals surface area contributed by atoms with E-state index in [1.807, 2.05) is 24.3 Å². The average Bonchev–Trinajstić information content (AvgIpc) is 3.23. The van der Waals surface area contributed by atoms with E-state index in [9.17, 15) is 0 Å². The van der Waals surface area contributed by atoms with Crippen molar-refractivity contribution in [3.63, 3.8) is 0 Å². The highest BCUT2D eigenvalue weighted by molar-refractivity contribution is 6.36. The molecule has 0 fully saturated rings. The van der Waals surface area contributed by atoms with E-state index in [2.05, 4.69) is 154 Å². The zero-order chi connectivity index (χ0) is 39.3. The summed E-state index contributed by atoms with van der Waals surface area (Å²) in [6.07, 6.45) is 2.36. The molecule has 1 aliphatic carbocycles. The van der Waals surface area contributed by atoms with Gasteiger partial charge in [0.15, 0.2) is 23.0 Å². The van der Waals surface area contributed by atoms with Crippen LogP contribution in [0.1, 0.15) is 50.3 Å². The summed E-state index contributed by atoms with van der Waals surface area (Å²) in [7, 11) is 0. The van der Waals surface area contributed by atoms with Crippen LogP contribution in [0.4, 0.5) is 28.4 Å². The van der Waals surface area contributed by atoms with Crippen LogP contribution in [0.25, 0.3) is 11.1 Å². The summed E-state index contributed by atoms with van der Waals surface area (Å²) in [6.45, 7) is 13.1. The fourth-order valence-corrected chi connectivity index (χ4v) is 8.53. The molecule has 2 heterocycles. The summed E-state index contributed by atoms with van der Waals surface area (Å²) in [6, 6.07) is 44.6. The van der Waals surface area contributed by atoms with E-state index in [1.165, 1.54) is 11.1 Å². The first-order valence-corrected chi connectivity index (χ1v) is 20.2. The van der Waals surface area contributed by atoms with E-state index in [1.54, 1.807) is 0 Å². The molecule has 0 N–H and O–H groups in total. The predicted molar refractivity (Wildman–Crippen MR) is 232 cm³/mol. The van der Waals surface area contributed by atoms with Gasteiger partial charge in [0.25, 0.3) is 0 Å². The van der Waals surface area contributed by atoms with Crippen molar-refractivity contribution in [2.24, 2.45) is 5.92 Å². The van der Waals surface area contributed by atoms with Gasteiger partial charge in [0.2, 0.25) is 0 Å². The minimum atomic E-state index is -0.0736. The molecule has 0 aromatic heterocycles. The van der Waals surface area contributed by atoms with Crippen molar-refractivity contribution in [2.75, 3.05) is 36.2 Å². The average molecular weight is 775 g/mol. The molecule has 0 amide bonds. The lowest BCUT2D eigenvalue weighted by atomic mass is 9.74. The Morgan fingerprint density at radius 3 is 1.74 bits per heavy atom. The number of para-hydroxylation sites is 2. The molecule has 6 nitrogen and oxygen atoms in total. The fourth-order valence-electron chi connectivity index (χ4n) is 8.25. The quantitative estimate of drug-likeness (QED) is 0.153. The standard InChI is InChI=1S/C50H47ClN2O4/c1-32-28-43(47(51)44(29-32)53(41-19-13-21-46-49(41)57-27-25-55-46)42-31-37(33(42)2)34-14-8-6-9-15-34)52(40-18-12-20-45-48(40)56-26-24-54-45)39-23-22-36(50(3,4)5)30-38(39)35-16-10-7-11-17-35/h6-23,28-31,33,37H,24-27H2,1-5H3/t33-,37?/m1/s1. The van der Waals surface area contributed by atoms with Crippen LogP contribution < -0.4 is 28.7 Å². The molecule has 57 heavy (non-hydrogen) atoms. The van der Waals surface area contributed by atoms with Gasteiger partial charge < -0.3 is 28.7 Å². The van der Waals surface area contributed by atoms with Crippen molar-refractivity contribution in [1.82, 2.24) is 0 Å². The number of halogens is 1. The first kappa shape index (κ1) is 36.8. The fraction of sp³-hybridized carbons (Fsp3) is 0.240. The van der Waals surface area contributed by atoms with Crippen molar-refractivity contribution < 1.29 is 18.9 Å². The topological polar surface area (TPSA) is 43.4 Å². The van der Waals surface area contributed by atoms with Crippen LogP contribution in [0.2, 0.25) is 5.02 Å². The van der Waals surface area contributed by atoms with Crippen LogP contribution in [-0.2, 0) is 5.41 Å². The van der Waals surface area contributed by atoms with Crippen LogP contribution >= 0.6 is 11.6 Å². The predicted octanol–water partition coefficient (Wildman–Crippen LogP) is 13.1. The third kappa shape index (κ3) is 6.76. The van der Waals surface area contributed by atoms with E-state index in [-0.39, 0.29) is 17.3 Å². The SMILES string of the molecule is Cc1cc(N(C2=CC(c3ccccc3)[C@H]2C)c2cccc3c2OCCO3)c(Cl)c(N(c2ccc(C(C)(C)C)cc2-c2ccccc2)c2cccc3c2OCCO3)c1. The monoisotopic (exact) mass is 774 g/mol. The molecular weight excluding hydrogens is 728 g/mol. The van der Waals surface area contributed by atoms with Crippen molar-refractivity contribution in [3.8, 4) is 34.1 Å². The van der Waals surface area contributed by atoms with Crippen molar-refractivity contribution in [2.45, 2.75) is 46.0 Å². The second-order valence-electron chi connectivity index (χ2n) is 16.1. The van der Waals surface area contributed by atoms with Crippen molar-refractivity contribution >= 4 is 40.0 Å². The second kappa shape index (κ2) is 14.9. The lowest BCUT2D eigenvalue weighted by Crippen LogP contribution is -2.33. The van der Waals surface area contributed by atoms with Gasteiger partial charge in [0, 0.05) is 23.1 Å². The summed E-state index contributed by atoms with van der Waals surface area (Å²) in [5, 5.41) is 0.583. The van der Waals surface area contributed by atoms with Crippen LogP contribution in [0, 0.1) is 12.8 Å². The maximum Gasteiger partial charge on any atom is 0.185 e. The molecule has 0 saturated heterocycles. The highest BCUT2D eigenvalue weighted by Crippen LogP contribution is 2.56. The summed E-state index contributed by atoms with van der Waals surface area (Å²) < 4.78 is 25.2. The Labute approximate surface area is 340 Å². The molecule has 0 spiro atoms. The maximum atomic E-state index is 7.96. The van der Waals surface area contributed by atoms with Gasteiger partial charge >= 0.3 is 0 Å². The first-order chi connectivity index (χ1) is 27.7. The zero-order valence-electron chi connectivity index (χ0n) is 33.1. The van der Waals surface area contributed by atoms with Gasteiger partial charge in [-0.25, -0.2) is 0 Å². The van der Waals surface area contributed by atoms with E-state index >= 15 is 0 Å². The van der Waals surface area contributed by atoms with Gasteiger partial charge in [0.05, 0.1) is 33.5 Å². The highest BCUT2D eigenvalue weighted by Gasteiger charge is 2.38. The smallest absolute Gasteiger partial charge is 0.185 e. The molecule has 0 bridgehead atoms. The summed E-state index contributed by atoms with van der Waals surface area (Å²) >= 11 is 7.96. The molecular formula is C50H47ClN2O4. The van der Waals surface area contributed by atoms with Gasteiger partial charge in [-0.05, 0) is 83.1 Å². The summed E-state index contributed by atoms with van der Waals surface area (Å²) in [5.41, 5.74) is 11.2. The Hall–Kier alpha value is -5.85. The number of rotatable bonds is 8. The number of hydrogen-bond acceptors (Lipinski definition) is 6. The van der Waals surface area contributed by atoms with Gasteiger partial charge in [-0.2, -0.15) is 0 Å². The summed E-state index contributed by atoms with van der Waals surface area (Å²) in [4.78, 5) is 4.54. The van der Waals surface area contributed by atoms with Crippen LogP contribution in [0.15, 0.2) is 139 Å². The third-order valence-corrected chi connectivity index (χ3v) is 11.6. The lowest BCUT2D eigenvalue weighted by molar-refractivity contribution is 0.172. The third-order valence-electron chi connectivity index (χ3n) is 11.2. The van der Waals surface area contributed by atoms with Gasteiger partial charge in [0.1, 0.15) is 26.4 Å². The molecule has 2 aliphatic heterocycles. The number of hydrogen-bond donors (Lipinski definition) is 0. The summed E-state index contributed by atoms with van der Waals surface area (Å²) in [5.74, 6) is 3.26. The molecule has 6 aromatic carbocycles. The maximum absolute atomic E-state index is 7.96. The number of fused-ring (bicyclic) bond motifs is 2. The highest BCUT2D eigenvalue weighted by atomic mass is 35.5. The molecule has 6 aromatic rings. The normalized spacial score (nSPS) is 17.0. The number of ether oxygens (including phenoxy) is 4. The second-order valence-corrected chi connectivity index (χ2v) is 16.4. The largest absolute Gasteiger partial charge is 0.486 e. The molecule has 0 radical (unpaired) electrons. The minimum absolute atomic E-state index is 0.0736. The molecule has 3 aliphatic rings. The van der Waals surface area contributed by atoms with Crippen molar-refractivity contribution in [3.05, 3.63) is 161 Å². The van der Waals surface area contributed by atoms with E-state index < -0.39 is 0 Å².